The highest BCUT2D eigenvalue weighted by Gasteiger charge is 2.09. The zero-order valence-electron chi connectivity index (χ0n) is 7.32. The number of hydrogen-bond donors (Lipinski definition) is 2. The maximum Gasteiger partial charge on any atom is 0.132 e. The molecule has 0 aliphatic heterocycles. The molecule has 0 saturated carbocycles. The first kappa shape index (κ1) is 8.69. The van der Waals surface area contributed by atoms with Crippen LogP contribution in [-0.2, 0) is 0 Å². The van der Waals surface area contributed by atoms with Gasteiger partial charge in [0, 0.05) is 10.3 Å². The van der Waals surface area contributed by atoms with Crippen LogP contribution in [0.1, 0.15) is 11.8 Å². The lowest BCUT2D eigenvalue weighted by atomic mass is 10.1. The molecule has 0 bridgehead atoms. The second-order valence-corrected chi connectivity index (χ2v) is 3.79. The van der Waals surface area contributed by atoms with E-state index in [2.05, 4.69) is 11.4 Å². The van der Waals surface area contributed by atoms with Crippen molar-refractivity contribution in [2.75, 3.05) is 7.05 Å². The minimum Gasteiger partial charge on any atom is -0.374 e. The van der Waals surface area contributed by atoms with Crippen molar-refractivity contribution in [2.24, 2.45) is 0 Å². The normalized spacial score (nSPS) is 13.4. The van der Waals surface area contributed by atoms with Crippen LogP contribution in [0.15, 0.2) is 29.6 Å². The molecule has 0 aliphatic carbocycles. The van der Waals surface area contributed by atoms with Gasteiger partial charge in [-0.1, -0.05) is 18.2 Å². The maximum atomic E-state index is 9.61. The predicted molar refractivity (Wildman–Crippen MR) is 55.8 cm³/mol. The van der Waals surface area contributed by atoms with Crippen molar-refractivity contribution in [3.63, 3.8) is 0 Å². The summed E-state index contributed by atoms with van der Waals surface area (Å²) in [5.41, 5.74) is 0.961. The molecule has 1 unspecified atom stereocenters. The van der Waals surface area contributed by atoms with Gasteiger partial charge in [0.25, 0.3) is 0 Å². The van der Waals surface area contributed by atoms with E-state index in [1.54, 1.807) is 18.4 Å². The van der Waals surface area contributed by atoms with Crippen LogP contribution in [0.5, 0.6) is 0 Å². The standard InChI is InChI=1S/C10H11NOS/c1-11-10(12)8-6-13-9-5-3-2-4-7(8)9/h2-6,10-12H,1H3. The zero-order valence-corrected chi connectivity index (χ0v) is 8.14. The average Bonchev–Trinajstić information content (AvgIpc) is 2.60. The molecule has 1 atom stereocenters. The quantitative estimate of drug-likeness (QED) is 0.716. The van der Waals surface area contributed by atoms with Gasteiger partial charge in [0.05, 0.1) is 0 Å². The summed E-state index contributed by atoms with van der Waals surface area (Å²) in [7, 11) is 1.75. The lowest BCUT2D eigenvalue weighted by Gasteiger charge is -2.06. The molecule has 0 aliphatic rings. The lowest BCUT2D eigenvalue weighted by Crippen LogP contribution is -2.14. The van der Waals surface area contributed by atoms with Crippen LogP contribution in [0.2, 0.25) is 0 Å². The maximum absolute atomic E-state index is 9.61. The molecule has 2 N–H and O–H groups in total. The SMILES string of the molecule is CNC(O)c1csc2ccccc12. The van der Waals surface area contributed by atoms with E-state index in [0.717, 1.165) is 10.9 Å². The Kier molecular flexibility index (Phi) is 2.31. The van der Waals surface area contributed by atoms with Gasteiger partial charge in [-0.05, 0) is 23.9 Å². The summed E-state index contributed by atoms with van der Waals surface area (Å²) in [4.78, 5) is 0. The van der Waals surface area contributed by atoms with E-state index in [9.17, 15) is 5.11 Å². The minimum atomic E-state index is -0.559. The molecule has 0 amide bonds. The molecule has 0 saturated heterocycles. The minimum absolute atomic E-state index is 0.559. The fourth-order valence-corrected chi connectivity index (χ4v) is 2.35. The highest BCUT2D eigenvalue weighted by Crippen LogP contribution is 2.28. The van der Waals surface area contributed by atoms with Crippen molar-refractivity contribution < 1.29 is 5.11 Å². The highest BCUT2D eigenvalue weighted by molar-refractivity contribution is 7.17. The third-order valence-electron chi connectivity index (χ3n) is 2.08. The number of rotatable bonds is 2. The number of aliphatic hydroxyl groups is 1. The van der Waals surface area contributed by atoms with E-state index in [0.29, 0.717) is 0 Å². The largest absolute Gasteiger partial charge is 0.374 e. The number of hydrogen-bond acceptors (Lipinski definition) is 3. The molecule has 2 aromatic rings. The Morgan fingerprint density at radius 3 is 2.92 bits per heavy atom. The Labute approximate surface area is 80.8 Å². The smallest absolute Gasteiger partial charge is 0.132 e. The number of thiophene rings is 1. The Balaban J connectivity index is 2.57. The molecule has 68 valence electrons. The van der Waals surface area contributed by atoms with E-state index in [1.807, 2.05) is 23.6 Å². The van der Waals surface area contributed by atoms with Crippen LogP contribution in [0.4, 0.5) is 0 Å². The molecule has 0 spiro atoms. The summed E-state index contributed by atoms with van der Waals surface area (Å²) in [6, 6.07) is 8.09. The van der Waals surface area contributed by atoms with Crippen molar-refractivity contribution in [3.05, 3.63) is 35.2 Å². The lowest BCUT2D eigenvalue weighted by molar-refractivity contribution is 0.151. The molecule has 2 nitrogen and oxygen atoms in total. The van der Waals surface area contributed by atoms with Gasteiger partial charge >= 0.3 is 0 Å². The van der Waals surface area contributed by atoms with Crippen LogP contribution in [0, 0.1) is 0 Å². The van der Waals surface area contributed by atoms with E-state index >= 15 is 0 Å². The third-order valence-corrected chi connectivity index (χ3v) is 3.06. The topological polar surface area (TPSA) is 32.3 Å². The van der Waals surface area contributed by atoms with Crippen molar-refractivity contribution in [3.8, 4) is 0 Å². The summed E-state index contributed by atoms with van der Waals surface area (Å²) in [5.74, 6) is 0. The molecule has 1 aromatic heterocycles. The second-order valence-electron chi connectivity index (χ2n) is 2.88. The Bertz CT molecular complexity index is 410. The first-order valence-corrected chi connectivity index (χ1v) is 5.02. The Hall–Kier alpha value is -0.900. The fourth-order valence-electron chi connectivity index (χ4n) is 1.37. The fraction of sp³-hybridized carbons (Fsp3) is 0.200. The molecule has 0 radical (unpaired) electrons. The molecule has 1 heterocycles. The van der Waals surface area contributed by atoms with Gasteiger partial charge in [-0.15, -0.1) is 11.3 Å². The summed E-state index contributed by atoms with van der Waals surface area (Å²) in [6.45, 7) is 0. The molecule has 2 rings (SSSR count). The first-order valence-electron chi connectivity index (χ1n) is 4.14. The summed E-state index contributed by atoms with van der Waals surface area (Å²) >= 11 is 1.66. The summed E-state index contributed by atoms with van der Waals surface area (Å²) < 4.78 is 1.21. The number of fused-ring (bicyclic) bond motifs is 1. The number of aliphatic hydroxyl groups excluding tert-OH is 1. The predicted octanol–water partition coefficient (Wildman–Crippen LogP) is 2.11. The Morgan fingerprint density at radius 2 is 2.15 bits per heavy atom. The average molecular weight is 193 g/mol. The van der Waals surface area contributed by atoms with Gasteiger partial charge in [-0.2, -0.15) is 0 Å². The zero-order chi connectivity index (χ0) is 9.26. The van der Waals surface area contributed by atoms with Gasteiger partial charge in [0.2, 0.25) is 0 Å². The van der Waals surface area contributed by atoms with E-state index in [1.165, 1.54) is 4.70 Å². The van der Waals surface area contributed by atoms with Crippen molar-refractivity contribution in [1.29, 1.82) is 0 Å². The van der Waals surface area contributed by atoms with E-state index in [-0.39, 0.29) is 0 Å². The monoisotopic (exact) mass is 193 g/mol. The summed E-state index contributed by atoms with van der Waals surface area (Å²) in [6.07, 6.45) is -0.559. The highest BCUT2D eigenvalue weighted by atomic mass is 32.1. The van der Waals surface area contributed by atoms with E-state index < -0.39 is 6.23 Å². The molecule has 13 heavy (non-hydrogen) atoms. The van der Waals surface area contributed by atoms with Crippen molar-refractivity contribution in [2.45, 2.75) is 6.23 Å². The number of nitrogens with one attached hydrogen (secondary N) is 1. The van der Waals surface area contributed by atoms with E-state index in [4.69, 9.17) is 0 Å². The number of benzene rings is 1. The van der Waals surface area contributed by atoms with Crippen molar-refractivity contribution in [1.82, 2.24) is 5.32 Å². The van der Waals surface area contributed by atoms with Gasteiger partial charge in [-0.3, -0.25) is 5.32 Å². The molecule has 0 fully saturated rings. The molecular weight excluding hydrogens is 182 g/mol. The van der Waals surface area contributed by atoms with Gasteiger partial charge < -0.3 is 5.11 Å². The summed E-state index contributed by atoms with van der Waals surface area (Å²) in [5, 5.41) is 15.6. The molecule has 3 heteroatoms. The van der Waals surface area contributed by atoms with Gasteiger partial charge in [0.1, 0.15) is 6.23 Å². The first-order chi connectivity index (χ1) is 6.33. The van der Waals surface area contributed by atoms with Crippen LogP contribution >= 0.6 is 11.3 Å². The van der Waals surface area contributed by atoms with Crippen LogP contribution in [0.3, 0.4) is 0 Å². The van der Waals surface area contributed by atoms with Gasteiger partial charge in [-0.25, -0.2) is 0 Å². The van der Waals surface area contributed by atoms with Crippen LogP contribution in [0.25, 0.3) is 10.1 Å². The molecule has 1 aromatic carbocycles. The second kappa shape index (κ2) is 3.46. The Morgan fingerprint density at radius 1 is 1.38 bits per heavy atom. The molecular formula is C10H11NOS. The third kappa shape index (κ3) is 1.46. The van der Waals surface area contributed by atoms with Crippen molar-refractivity contribution >= 4 is 21.4 Å². The van der Waals surface area contributed by atoms with Crippen LogP contribution in [-0.4, -0.2) is 12.2 Å². The van der Waals surface area contributed by atoms with Gasteiger partial charge in [0.15, 0.2) is 0 Å². The van der Waals surface area contributed by atoms with Crippen LogP contribution < -0.4 is 5.32 Å².